The van der Waals surface area contributed by atoms with Crippen molar-refractivity contribution in [2.45, 2.75) is 19.9 Å². The van der Waals surface area contributed by atoms with Crippen molar-refractivity contribution in [1.82, 2.24) is 14.9 Å². The van der Waals surface area contributed by atoms with Crippen LogP contribution < -0.4 is 5.32 Å². The van der Waals surface area contributed by atoms with Gasteiger partial charge in [0.1, 0.15) is 5.82 Å². The quantitative estimate of drug-likeness (QED) is 0.507. The molecular formula is C8H13N3O. The molecule has 66 valence electrons. The highest BCUT2D eigenvalue weighted by Gasteiger charge is 1.94. The monoisotopic (exact) mass is 167 g/mol. The summed E-state index contributed by atoms with van der Waals surface area (Å²) in [6.07, 6.45) is 5.38. The van der Waals surface area contributed by atoms with Crippen LogP contribution in [0.5, 0.6) is 0 Å². The molecule has 1 rings (SSSR count). The van der Waals surface area contributed by atoms with Crippen LogP contribution in [0.2, 0.25) is 0 Å². The van der Waals surface area contributed by atoms with Gasteiger partial charge in [-0.15, -0.1) is 0 Å². The molecule has 0 saturated carbocycles. The fraction of sp³-hybridized carbons (Fsp3) is 0.500. The zero-order valence-corrected chi connectivity index (χ0v) is 7.16. The minimum absolute atomic E-state index is 0.723. The van der Waals surface area contributed by atoms with Crippen LogP contribution in [0.3, 0.4) is 0 Å². The molecule has 0 aliphatic carbocycles. The van der Waals surface area contributed by atoms with Gasteiger partial charge in [-0.3, -0.25) is 4.79 Å². The Morgan fingerprint density at radius 3 is 3.17 bits per heavy atom. The summed E-state index contributed by atoms with van der Waals surface area (Å²) < 4.78 is 2.06. The van der Waals surface area contributed by atoms with E-state index in [1.54, 1.807) is 6.20 Å². The fourth-order valence-corrected chi connectivity index (χ4v) is 1.05. The van der Waals surface area contributed by atoms with E-state index >= 15 is 0 Å². The van der Waals surface area contributed by atoms with Crippen LogP contribution in [-0.2, 0) is 11.3 Å². The summed E-state index contributed by atoms with van der Waals surface area (Å²) in [6.45, 7) is 3.60. The molecule has 12 heavy (non-hydrogen) atoms. The number of aryl methyl sites for hydroxylation is 2. The molecule has 1 N–H and O–H groups in total. The van der Waals surface area contributed by atoms with Crippen molar-refractivity contribution in [3.63, 3.8) is 0 Å². The van der Waals surface area contributed by atoms with Gasteiger partial charge in [-0.2, -0.15) is 0 Å². The number of imidazole rings is 1. The van der Waals surface area contributed by atoms with Crippen LogP contribution in [-0.4, -0.2) is 22.5 Å². The van der Waals surface area contributed by atoms with Gasteiger partial charge in [0.05, 0.1) is 0 Å². The second kappa shape index (κ2) is 4.54. The SMILES string of the molecule is Cc1nccn1CCCNC=O. The third kappa shape index (κ3) is 2.38. The number of amides is 1. The highest BCUT2D eigenvalue weighted by atomic mass is 16.1. The van der Waals surface area contributed by atoms with Crippen molar-refractivity contribution in [2.24, 2.45) is 0 Å². The Labute approximate surface area is 71.6 Å². The van der Waals surface area contributed by atoms with Gasteiger partial charge in [-0.05, 0) is 13.3 Å². The molecule has 0 saturated heterocycles. The van der Waals surface area contributed by atoms with E-state index in [4.69, 9.17) is 0 Å². The Morgan fingerprint density at radius 1 is 1.75 bits per heavy atom. The summed E-state index contributed by atoms with van der Waals surface area (Å²) >= 11 is 0. The van der Waals surface area contributed by atoms with E-state index in [1.165, 1.54) is 0 Å². The highest BCUT2D eigenvalue weighted by Crippen LogP contribution is 1.95. The number of hydrogen-bond acceptors (Lipinski definition) is 2. The fourth-order valence-electron chi connectivity index (χ4n) is 1.05. The average Bonchev–Trinajstić information content (AvgIpc) is 2.46. The van der Waals surface area contributed by atoms with Crippen LogP contribution in [0.4, 0.5) is 0 Å². The van der Waals surface area contributed by atoms with Crippen LogP contribution in [0.1, 0.15) is 12.2 Å². The predicted molar refractivity (Wildman–Crippen MR) is 45.6 cm³/mol. The second-order valence-electron chi connectivity index (χ2n) is 2.59. The summed E-state index contributed by atoms with van der Waals surface area (Å²) in [4.78, 5) is 14.0. The molecule has 4 nitrogen and oxygen atoms in total. The molecule has 0 unspecified atom stereocenters. The summed E-state index contributed by atoms with van der Waals surface area (Å²) in [5, 5.41) is 2.62. The highest BCUT2D eigenvalue weighted by molar-refractivity contribution is 5.45. The second-order valence-corrected chi connectivity index (χ2v) is 2.59. The third-order valence-corrected chi connectivity index (χ3v) is 1.73. The Kier molecular flexibility index (Phi) is 3.32. The normalized spacial score (nSPS) is 9.75. The number of carbonyl (C=O) groups is 1. The van der Waals surface area contributed by atoms with Gasteiger partial charge in [-0.1, -0.05) is 0 Å². The number of nitrogens with one attached hydrogen (secondary N) is 1. The van der Waals surface area contributed by atoms with E-state index in [2.05, 4.69) is 14.9 Å². The first-order valence-electron chi connectivity index (χ1n) is 3.99. The molecule has 0 spiro atoms. The van der Waals surface area contributed by atoms with Crippen molar-refractivity contribution in [3.8, 4) is 0 Å². The Bertz CT molecular complexity index is 244. The lowest BCUT2D eigenvalue weighted by molar-refractivity contribution is -0.109. The number of hydrogen-bond donors (Lipinski definition) is 1. The molecule has 0 bridgehead atoms. The largest absolute Gasteiger partial charge is 0.359 e. The maximum absolute atomic E-state index is 9.90. The van der Waals surface area contributed by atoms with E-state index in [0.717, 1.165) is 31.7 Å². The van der Waals surface area contributed by atoms with Gasteiger partial charge in [0.15, 0.2) is 0 Å². The number of nitrogens with zero attached hydrogens (tertiary/aromatic N) is 2. The summed E-state index contributed by atoms with van der Waals surface area (Å²) in [7, 11) is 0. The molecule has 0 aliphatic heterocycles. The lowest BCUT2D eigenvalue weighted by Crippen LogP contribution is -2.14. The van der Waals surface area contributed by atoms with Gasteiger partial charge in [0, 0.05) is 25.5 Å². The zero-order valence-electron chi connectivity index (χ0n) is 7.16. The molecule has 0 aromatic carbocycles. The van der Waals surface area contributed by atoms with Gasteiger partial charge in [0.2, 0.25) is 6.41 Å². The van der Waals surface area contributed by atoms with E-state index in [9.17, 15) is 4.79 Å². The molecule has 0 atom stereocenters. The summed E-state index contributed by atoms with van der Waals surface area (Å²) in [6, 6.07) is 0. The maximum Gasteiger partial charge on any atom is 0.207 e. The molecule has 0 fully saturated rings. The first-order valence-corrected chi connectivity index (χ1v) is 3.99. The molecular weight excluding hydrogens is 154 g/mol. The Morgan fingerprint density at radius 2 is 2.58 bits per heavy atom. The van der Waals surface area contributed by atoms with E-state index in [0.29, 0.717) is 0 Å². The van der Waals surface area contributed by atoms with E-state index in [-0.39, 0.29) is 0 Å². The first-order chi connectivity index (χ1) is 5.84. The smallest absolute Gasteiger partial charge is 0.207 e. The summed E-state index contributed by atoms with van der Waals surface area (Å²) in [5.41, 5.74) is 0. The molecule has 1 aromatic rings. The molecule has 1 amide bonds. The van der Waals surface area contributed by atoms with Gasteiger partial charge < -0.3 is 9.88 Å². The summed E-state index contributed by atoms with van der Waals surface area (Å²) in [5.74, 6) is 1.01. The lowest BCUT2D eigenvalue weighted by atomic mass is 10.4. The number of aromatic nitrogens is 2. The van der Waals surface area contributed by atoms with Crippen LogP contribution >= 0.6 is 0 Å². The van der Waals surface area contributed by atoms with Crippen LogP contribution in [0.15, 0.2) is 12.4 Å². The van der Waals surface area contributed by atoms with Crippen molar-refractivity contribution < 1.29 is 4.79 Å². The molecule has 1 aromatic heterocycles. The van der Waals surface area contributed by atoms with E-state index < -0.39 is 0 Å². The maximum atomic E-state index is 9.90. The molecule has 1 heterocycles. The molecule has 0 radical (unpaired) electrons. The minimum atomic E-state index is 0.723. The lowest BCUT2D eigenvalue weighted by Gasteiger charge is -2.03. The van der Waals surface area contributed by atoms with Crippen LogP contribution in [0, 0.1) is 6.92 Å². The minimum Gasteiger partial charge on any atom is -0.359 e. The Balaban J connectivity index is 2.24. The number of carbonyl (C=O) groups excluding carboxylic acids is 1. The first kappa shape index (κ1) is 8.77. The van der Waals surface area contributed by atoms with Crippen molar-refractivity contribution >= 4 is 6.41 Å². The van der Waals surface area contributed by atoms with Crippen molar-refractivity contribution in [3.05, 3.63) is 18.2 Å². The van der Waals surface area contributed by atoms with Crippen LogP contribution in [0.25, 0.3) is 0 Å². The van der Waals surface area contributed by atoms with Crippen molar-refractivity contribution in [1.29, 1.82) is 0 Å². The zero-order chi connectivity index (χ0) is 8.81. The Hall–Kier alpha value is -1.32. The van der Waals surface area contributed by atoms with Crippen molar-refractivity contribution in [2.75, 3.05) is 6.54 Å². The number of rotatable bonds is 5. The van der Waals surface area contributed by atoms with Gasteiger partial charge >= 0.3 is 0 Å². The molecule has 4 heteroatoms. The van der Waals surface area contributed by atoms with E-state index in [1.807, 2.05) is 13.1 Å². The molecule has 0 aliphatic rings. The van der Waals surface area contributed by atoms with Gasteiger partial charge in [0.25, 0.3) is 0 Å². The predicted octanol–water partition coefficient (Wildman–Crippen LogP) is 0.328. The average molecular weight is 167 g/mol. The van der Waals surface area contributed by atoms with Gasteiger partial charge in [-0.25, -0.2) is 4.98 Å². The third-order valence-electron chi connectivity index (χ3n) is 1.73. The topological polar surface area (TPSA) is 46.9 Å². The standard InChI is InChI=1S/C8H13N3O/c1-8-10-4-6-11(8)5-2-3-9-7-12/h4,6-7H,2-3,5H2,1H3,(H,9,12).